The first-order valence-electron chi connectivity index (χ1n) is 5.83. The van der Waals surface area contributed by atoms with E-state index in [1.807, 2.05) is 31.2 Å². The normalized spacial score (nSPS) is 10.4. The zero-order chi connectivity index (χ0) is 14.3. The molecule has 0 fully saturated rings. The van der Waals surface area contributed by atoms with Crippen LogP contribution >= 0.6 is 0 Å². The van der Waals surface area contributed by atoms with Crippen molar-refractivity contribution in [1.82, 2.24) is 4.90 Å². The summed E-state index contributed by atoms with van der Waals surface area (Å²) in [5, 5.41) is 17.3. The lowest BCUT2D eigenvalue weighted by Gasteiger charge is -2.18. The van der Waals surface area contributed by atoms with Crippen LogP contribution in [0.3, 0.4) is 0 Å². The van der Waals surface area contributed by atoms with Crippen LogP contribution in [-0.4, -0.2) is 53.3 Å². The third-order valence-electron chi connectivity index (χ3n) is 2.41. The third-order valence-corrected chi connectivity index (χ3v) is 2.41. The molecule has 0 unspecified atom stereocenters. The maximum atomic E-state index is 10.6. The van der Waals surface area contributed by atoms with Crippen LogP contribution in [-0.2, 0) is 9.59 Å². The minimum absolute atomic E-state index is 0.240. The molecule has 0 atom stereocenters. The van der Waals surface area contributed by atoms with Crippen LogP contribution in [0.1, 0.15) is 5.56 Å². The van der Waals surface area contributed by atoms with Crippen LogP contribution in [0.4, 0.5) is 0 Å². The van der Waals surface area contributed by atoms with Crippen molar-refractivity contribution in [2.75, 3.05) is 26.2 Å². The maximum Gasteiger partial charge on any atom is 0.317 e. The van der Waals surface area contributed by atoms with Crippen molar-refractivity contribution in [2.45, 2.75) is 6.92 Å². The van der Waals surface area contributed by atoms with Crippen molar-refractivity contribution >= 4 is 11.9 Å². The van der Waals surface area contributed by atoms with E-state index >= 15 is 0 Å². The minimum Gasteiger partial charge on any atom is -0.492 e. The maximum absolute atomic E-state index is 10.6. The Balaban J connectivity index is 2.40. The van der Waals surface area contributed by atoms with E-state index in [4.69, 9.17) is 14.9 Å². The average Bonchev–Trinajstić information content (AvgIpc) is 2.30. The van der Waals surface area contributed by atoms with Crippen LogP contribution in [0, 0.1) is 6.92 Å². The number of benzene rings is 1. The van der Waals surface area contributed by atoms with Gasteiger partial charge in [-0.05, 0) is 19.1 Å². The number of rotatable bonds is 8. The second-order valence-corrected chi connectivity index (χ2v) is 4.16. The summed E-state index contributed by atoms with van der Waals surface area (Å²) in [6.45, 7) is 1.81. The first kappa shape index (κ1) is 15.0. The quantitative estimate of drug-likeness (QED) is 0.726. The van der Waals surface area contributed by atoms with E-state index in [-0.39, 0.29) is 26.2 Å². The van der Waals surface area contributed by atoms with E-state index in [1.165, 1.54) is 4.90 Å². The first-order chi connectivity index (χ1) is 8.97. The Bertz CT molecular complexity index is 413. The highest BCUT2D eigenvalue weighted by Crippen LogP contribution is 2.11. The van der Waals surface area contributed by atoms with Gasteiger partial charge >= 0.3 is 11.9 Å². The van der Waals surface area contributed by atoms with Crippen LogP contribution < -0.4 is 4.74 Å². The van der Waals surface area contributed by atoms with Crippen molar-refractivity contribution in [3.63, 3.8) is 0 Å². The molecule has 0 bridgehead atoms. The topological polar surface area (TPSA) is 87.1 Å². The molecule has 0 radical (unpaired) electrons. The number of carboxylic acid groups (broad SMARTS) is 2. The highest BCUT2D eigenvalue weighted by molar-refractivity contribution is 5.72. The molecule has 0 amide bonds. The minimum atomic E-state index is -1.06. The van der Waals surface area contributed by atoms with Gasteiger partial charge in [0.25, 0.3) is 0 Å². The zero-order valence-electron chi connectivity index (χ0n) is 10.7. The molecular weight excluding hydrogens is 250 g/mol. The lowest BCUT2D eigenvalue weighted by molar-refractivity contribution is -0.141. The largest absolute Gasteiger partial charge is 0.492 e. The molecule has 104 valence electrons. The summed E-state index contributed by atoms with van der Waals surface area (Å²) in [4.78, 5) is 22.5. The smallest absolute Gasteiger partial charge is 0.317 e. The summed E-state index contributed by atoms with van der Waals surface area (Å²) in [6, 6.07) is 7.44. The van der Waals surface area contributed by atoms with Gasteiger partial charge in [-0.1, -0.05) is 17.7 Å². The summed E-state index contributed by atoms with van der Waals surface area (Å²) < 4.78 is 5.43. The molecule has 1 rings (SSSR count). The second kappa shape index (κ2) is 7.38. The van der Waals surface area contributed by atoms with Gasteiger partial charge in [-0.3, -0.25) is 14.5 Å². The fraction of sp³-hybridized carbons (Fsp3) is 0.385. The molecule has 1 aromatic rings. The van der Waals surface area contributed by atoms with Gasteiger partial charge in [-0.2, -0.15) is 0 Å². The Morgan fingerprint density at radius 2 is 1.63 bits per heavy atom. The summed E-state index contributed by atoms with van der Waals surface area (Å²) in [6.07, 6.45) is 0. The van der Waals surface area contributed by atoms with Gasteiger partial charge in [0.1, 0.15) is 12.4 Å². The van der Waals surface area contributed by atoms with Gasteiger partial charge in [0.05, 0.1) is 13.1 Å². The van der Waals surface area contributed by atoms with E-state index in [2.05, 4.69) is 0 Å². The van der Waals surface area contributed by atoms with Crippen LogP contribution in [0.25, 0.3) is 0 Å². The van der Waals surface area contributed by atoms with Gasteiger partial charge in [0.15, 0.2) is 0 Å². The number of ether oxygens (including phenoxy) is 1. The molecule has 0 saturated carbocycles. The lowest BCUT2D eigenvalue weighted by Crippen LogP contribution is -2.37. The Kier molecular flexibility index (Phi) is 5.81. The van der Waals surface area contributed by atoms with Crippen LogP contribution in [0.2, 0.25) is 0 Å². The number of aliphatic carboxylic acids is 2. The highest BCUT2D eigenvalue weighted by atomic mass is 16.5. The molecule has 0 heterocycles. The number of carbonyl (C=O) groups is 2. The molecule has 0 saturated heterocycles. The van der Waals surface area contributed by atoms with Gasteiger partial charge in [0, 0.05) is 6.54 Å². The predicted molar refractivity (Wildman–Crippen MR) is 68.4 cm³/mol. The van der Waals surface area contributed by atoms with Crippen LogP contribution in [0.15, 0.2) is 24.3 Å². The fourth-order valence-electron chi connectivity index (χ4n) is 1.52. The number of hydrogen-bond donors (Lipinski definition) is 2. The SMILES string of the molecule is Cc1ccc(OCCN(CC(=O)O)CC(=O)O)cc1. The molecule has 0 aliphatic heterocycles. The molecule has 6 heteroatoms. The molecular formula is C13H17NO5. The molecule has 0 spiro atoms. The van der Waals surface area contributed by atoms with Crippen molar-refractivity contribution in [2.24, 2.45) is 0 Å². The van der Waals surface area contributed by atoms with Crippen molar-refractivity contribution in [3.05, 3.63) is 29.8 Å². The van der Waals surface area contributed by atoms with E-state index in [9.17, 15) is 9.59 Å². The number of carboxylic acids is 2. The second-order valence-electron chi connectivity index (χ2n) is 4.16. The monoisotopic (exact) mass is 267 g/mol. The molecule has 0 aliphatic rings. The van der Waals surface area contributed by atoms with E-state index in [1.54, 1.807) is 0 Å². The Hall–Kier alpha value is -2.08. The Labute approximate surface area is 111 Å². The molecule has 2 N–H and O–H groups in total. The van der Waals surface area contributed by atoms with Crippen molar-refractivity contribution < 1.29 is 24.5 Å². The Morgan fingerprint density at radius 1 is 1.11 bits per heavy atom. The van der Waals surface area contributed by atoms with Crippen molar-refractivity contribution in [3.8, 4) is 5.75 Å². The summed E-state index contributed by atoms with van der Waals surface area (Å²) >= 11 is 0. The summed E-state index contributed by atoms with van der Waals surface area (Å²) in [5.41, 5.74) is 1.12. The van der Waals surface area contributed by atoms with E-state index in [0.29, 0.717) is 5.75 Å². The summed E-state index contributed by atoms with van der Waals surface area (Å²) in [7, 11) is 0. The molecule has 0 aliphatic carbocycles. The molecule has 1 aromatic carbocycles. The standard InChI is InChI=1S/C13H17NO5/c1-10-2-4-11(5-3-10)19-7-6-14(8-12(15)16)9-13(17)18/h2-5H,6-9H2,1H3,(H,15,16)(H,17,18). The number of nitrogens with zero attached hydrogens (tertiary/aromatic N) is 1. The fourth-order valence-corrected chi connectivity index (χ4v) is 1.52. The van der Waals surface area contributed by atoms with Crippen LogP contribution in [0.5, 0.6) is 5.75 Å². The van der Waals surface area contributed by atoms with Gasteiger partial charge in [-0.15, -0.1) is 0 Å². The predicted octanol–water partition coefficient (Wildman–Crippen LogP) is 0.845. The number of hydrogen-bond acceptors (Lipinski definition) is 4. The first-order valence-corrected chi connectivity index (χ1v) is 5.83. The summed E-state index contributed by atoms with van der Waals surface area (Å²) in [5.74, 6) is -1.44. The lowest BCUT2D eigenvalue weighted by atomic mass is 10.2. The molecule has 0 aromatic heterocycles. The highest BCUT2D eigenvalue weighted by Gasteiger charge is 2.13. The molecule has 6 nitrogen and oxygen atoms in total. The van der Waals surface area contributed by atoms with Gasteiger partial charge in [0.2, 0.25) is 0 Å². The number of aryl methyl sites for hydroxylation is 1. The Morgan fingerprint density at radius 3 is 2.11 bits per heavy atom. The van der Waals surface area contributed by atoms with E-state index < -0.39 is 11.9 Å². The zero-order valence-corrected chi connectivity index (χ0v) is 10.7. The third kappa shape index (κ3) is 6.42. The van der Waals surface area contributed by atoms with Crippen molar-refractivity contribution in [1.29, 1.82) is 0 Å². The van der Waals surface area contributed by atoms with Gasteiger partial charge < -0.3 is 14.9 Å². The average molecular weight is 267 g/mol. The molecule has 19 heavy (non-hydrogen) atoms. The van der Waals surface area contributed by atoms with E-state index in [0.717, 1.165) is 5.56 Å². The van der Waals surface area contributed by atoms with Gasteiger partial charge in [-0.25, -0.2) is 0 Å².